The molecule has 0 N–H and O–H groups in total. The Morgan fingerprint density at radius 2 is 1.89 bits per heavy atom. The number of thioether (sulfide) groups is 1. The summed E-state index contributed by atoms with van der Waals surface area (Å²) in [5, 5.41) is 19.8. The molecule has 0 bridgehead atoms. The van der Waals surface area contributed by atoms with E-state index in [9.17, 15) is 32.5 Å². The number of benzene rings is 2. The number of nitrogens with zero attached hydrogens (tertiary/aromatic N) is 3. The largest absolute Gasteiger partial charge is 0.619 e. The molecule has 1 saturated heterocycles. The number of hydrogen-bond acceptors (Lipinski definition) is 9. The third kappa shape index (κ3) is 7.90. The Morgan fingerprint density at radius 1 is 1.16 bits per heavy atom. The Bertz CT molecular complexity index is 1720. The maximum atomic E-state index is 13.7. The highest BCUT2D eigenvalue weighted by Crippen LogP contribution is 2.39. The number of aromatic nitrogens is 1. The van der Waals surface area contributed by atoms with E-state index in [0.29, 0.717) is 16.0 Å². The third-order valence-electron chi connectivity index (χ3n) is 7.05. The molecular weight excluding hydrogens is 675 g/mol. The summed E-state index contributed by atoms with van der Waals surface area (Å²) in [5.41, 5.74) is 0.687. The van der Waals surface area contributed by atoms with Crippen molar-refractivity contribution < 1.29 is 40.9 Å². The van der Waals surface area contributed by atoms with Crippen LogP contribution in [-0.2, 0) is 26.0 Å². The maximum Gasteiger partial charge on any atom is 0.387 e. The van der Waals surface area contributed by atoms with Crippen LogP contribution in [0.2, 0.25) is 10.0 Å². The van der Waals surface area contributed by atoms with E-state index >= 15 is 0 Å². The summed E-state index contributed by atoms with van der Waals surface area (Å²) in [6.07, 6.45) is 2.69. The van der Waals surface area contributed by atoms with Gasteiger partial charge in [-0.1, -0.05) is 35.3 Å². The minimum Gasteiger partial charge on any atom is -0.619 e. The smallest absolute Gasteiger partial charge is 0.387 e. The number of ether oxygens (including phenoxy) is 3. The molecule has 1 saturated carbocycles. The molecule has 2 heterocycles. The zero-order valence-electron chi connectivity index (χ0n) is 23.3. The standard InChI is InChI=1S/C29H25Cl2F2N3O7S2/c30-22-14-35(38)15-23(31)21(22)12-25(19-6-7-24(43-29(32)33)26(11-19)41-16-17-4-5-17)42-28(37)27-36(8-9-44-27)45(39,40)20-3-1-2-18(10-20)13-34/h1-3,6-7,10-11,14-15,17,25,27,29H,4-5,8-9,12,16H2. The number of sulfonamides is 1. The van der Waals surface area contributed by atoms with Crippen LogP contribution in [0, 0.1) is 22.5 Å². The molecule has 2 aliphatic rings. The summed E-state index contributed by atoms with van der Waals surface area (Å²) in [6.45, 7) is -2.84. The molecule has 1 aliphatic carbocycles. The zero-order valence-corrected chi connectivity index (χ0v) is 26.4. The molecule has 2 aromatic carbocycles. The van der Waals surface area contributed by atoms with Crippen molar-refractivity contribution in [3.63, 3.8) is 0 Å². The molecule has 238 valence electrons. The van der Waals surface area contributed by atoms with E-state index in [1.165, 1.54) is 42.5 Å². The van der Waals surface area contributed by atoms with Crippen molar-refractivity contribution >= 4 is 51.0 Å². The Balaban J connectivity index is 1.48. The van der Waals surface area contributed by atoms with Crippen LogP contribution in [0.25, 0.3) is 0 Å². The Hall–Kier alpha value is -3.35. The summed E-state index contributed by atoms with van der Waals surface area (Å²) in [7, 11) is -4.20. The van der Waals surface area contributed by atoms with Gasteiger partial charge in [-0.25, -0.2) is 13.2 Å². The molecule has 2 atom stereocenters. The van der Waals surface area contributed by atoms with Crippen LogP contribution in [-0.4, -0.2) is 49.6 Å². The molecule has 45 heavy (non-hydrogen) atoms. The van der Waals surface area contributed by atoms with Gasteiger partial charge >= 0.3 is 12.6 Å². The lowest BCUT2D eigenvalue weighted by Gasteiger charge is -2.26. The van der Waals surface area contributed by atoms with Crippen LogP contribution in [0.15, 0.2) is 59.8 Å². The Labute approximate surface area is 272 Å². The van der Waals surface area contributed by atoms with Crippen molar-refractivity contribution in [2.45, 2.75) is 42.2 Å². The van der Waals surface area contributed by atoms with Crippen LogP contribution < -0.4 is 14.2 Å². The second-order valence-electron chi connectivity index (χ2n) is 10.2. The van der Waals surface area contributed by atoms with E-state index in [-0.39, 0.29) is 63.1 Å². The van der Waals surface area contributed by atoms with Crippen LogP contribution >= 0.6 is 35.0 Å². The van der Waals surface area contributed by atoms with Gasteiger partial charge in [0.1, 0.15) is 16.1 Å². The maximum absolute atomic E-state index is 13.7. The number of alkyl halides is 2. The van der Waals surface area contributed by atoms with E-state index in [1.54, 1.807) is 0 Å². The van der Waals surface area contributed by atoms with Gasteiger partial charge in [0, 0.05) is 24.3 Å². The minimum absolute atomic E-state index is 0.000208. The number of carbonyl (C=O) groups excluding carboxylic acids is 1. The average Bonchev–Trinajstić information content (AvgIpc) is 3.69. The van der Waals surface area contributed by atoms with Gasteiger partial charge in [0.15, 0.2) is 29.3 Å². The predicted molar refractivity (Wildman–Crippen MR) is 161 cm³/mol. The van der Waals surface area contributed by atoms with Crippen LogP contribution in [0.1, 0.15) is 35.6 Å². The molecule has 5 rings (SSSR count). The van der Waals surface area contributed by atoms with Gasteiger partial charge in [-0.15, -0.1) is 11.8 Å². The molecule has 0 spiro atoms. The number of pyridine rings is 1. The Morgan fingerprint density at radius 3 is 2.56 bits per heavy atom. The lowest BCUT2D eigenvalue weighted by atomic mass is 10.0. The lowest BCUT2D eigenvalue weighted by molar-refractivity contribution is -0.605. The topological polar surface area (TPSA) is 133 Å². The van der Waals surface area contributed by atoms with Gasteiger partial charge in [0.05, 0.1) is 23.1 Å². The summed E-state index contributed by atoms with van der Waals surface area (Å²) in [4.78, 5) is 13.5. The van der Waals surface area contributed by atoms with E-state index in [0.717, 1.165) is 41.3 Å². The van der Waals surface area contributed by atoms with E-state index in [2.05, 4.69) is 4.74 Å². The SMILES string of the molecule is N#Cc1cccc(S(=O)(=O)N2CCSC2C(=O)OC(Cc2c(Cl)c[n+]([O-])cc2Cl)c2ccc(OC(F)F)c(OCC3CC3)c2)c1. The molecule has 0 amide bonds. The lowest BCUT2D eigenvalue weighted by Crippen LogP contribution is -2.40. The predicted octanol–water partition coefficient (Wildman–Crippen LogP) is 5.48. The van der Waals surface area contributed by atoms with Gasteiger partial charge < -0.3 is 19.4 Å². The van der Waals surface area contributed by atoms with Crippen molar-refractivity contribution in [1.29, 1.82) is 5.26 Å². The first-order chi connectivity index (χ1) is 21.5. The van der Waals surface area contributed by atoms with Crippen molar-refractivity contribution in [2.75, 3.05) is 18.9 Å². The third-order valence-corrected chi connectivity index (χ3v) is 10.9. The molecule has 10 nitrogen and oxygen atoms in total. The highest BCUT2D eigenvalue weighted by Gasteiger charge is 2.42. The summed E-state index contributed by atoms with van der Waals surface area (Å²) < 4.78 is 71.1. The number of nitriles is 1. The number of halogens is 4. The van der Waals surface area contributed by atoms with Gasteiger partial charge in [0.2, 0.25) is 10.0 Å². The molecule has 0 radical (unpaired) electrons. The fraction of sp³-hybridized carbons (Fsp3) is 0.345. The van der Waals surface area contributed by atoms with Crippen molar-refractivity contribution in [3.8, 4) is 17.6 Å². The highest BCUT2D eigenvalue weighted by molar-refractivity contribution is 8.02. The van der Waals surface area contributed by atoms with E-state index < -0.39 is 34.1 Å². The van der Waals surface area contributed by atoms with Crippen molar-refractivity contribution in [3.05, 3.63) is 86.8 Å². The first-order valence-electron chi connectivity index (χ1n) is 13.6. The highest BCUT2D eigenvalue weighted by atomic mass is 35.5. The normalized spacial score (nSPS) is 17.6. The first kappa shape index (κ1) is 33.0. The van der Waals surface area contributed by atoms with Gasteiger partial charge in [-0.3, -0.25) is 0 Å². The van der Waals surface area contributed by atoms with E-state index in [4.69, 9.17) is 32.7 Å². The number of rotatable bonds is 12. The minimum atomic E-state index is -4.20. The van der Waals surface area contributed by atoms with Gasteiger partial charge in [0.25, 0.3) is 0 Å². The first-order valence-corrected chi connectivity index (χ1v) is 16.8. The van der Waals surface area contributed by atoms with Crippen molar-refractivity contribution in [2.24, 2.45) is 5.92 Å². The average molecular weight is 701 g/mol. The second kappa shape index (κ2) is 14.0. The summed E-state index contributed by atoms with van der Waals surface area (Å²) in [6, 6.07) is 11.4. The number of esters is 1. The summed E-state index contributed by atoms with van der Waals surface area (Å²) >= 11 is 13.7. The molecule has 1 aliphatic heterocycles. The van der Waals surface area contributed by atoms with Crippen molar-refractivity contribution in [1.82, 2.24) is 4.31 Å². The van der Waals surface area contributed by atoms with Crippen LogP contribution in [0.5, 0.6) is 11.5 Å². The van der Waals surface area contributed by atoms with Gasteiger partial charge in [-0.2, -0.15) is 23.1 Å². The van der Waals surface area contributed by atoms with Gasteiger partial charge in [-0.05, 0) is 54.7 Å². The molecule has 1 aromatic heterocycles. The fourth-order valence-corrected chi connectivity index (χ4v) is 8.30. The molecule has 16 heteroatoms. The summed E-state index contributed by atoms with van der Waals surface area (Å²) in [5.74, 6) is -0.548. The Kier molecular flexibility index (Phi) is 10.2. The molecule has 2 fully saturated rings. The number of carbonyl (C=O) groups is 1. The molecule has 3 aromatic rings. The molecular formula is C29H25Cl2F2N3O7S2. The number of hydrogen-bond donors (Lipinski definition) is 0. The van der Waals surface area contributed by atoms with Crippen LogP contribution in [0.3, 0.4) is 0 Å². The van der Waals surface area contributed by atoms with Crippen LogP contribution in [0.4, 0.5) is 8.78 Å². The fourth-order valence-electron chi connectivity index (χ4n) is 4.61. The second-order valence-corrected chi connectivity index (χ2v) is 14.1. The quantitative estimate of drug-likeness (QED) is 0.137. The molecule has 2 unspecified atom stereocenters. The monoisotopic (exact) mass is 699 g/mol. The van der Waals surface area contributed by atoms with E-state index in [1.807, 2.05) is 6.07 Å². The zero-order chi connectivity index (χ0) is 32.3.